The van der Waals surface area contributed by atoms with Gasteiger partial charge in [-0.25, -0.2) is 4.98 Å². The minimum atomic E-state index is 0.792. The average molecular weight is 266 g/mol. The summed E-state index contributed by atoms with van der Waals surface area (Å²) in [4.78, 5) is 8.21. The van der Waals surface area contributed by atoms with Crippen LogP contribution in [-0.2, 0) is 0 Å². The monoisotopic (exact) mass is 266 g/mol. The highest BCUT2D eigenvalue weighted by Gasteiger charge is 1.98. The molecule has 6 heteroatoms. The highest BCUT2D eigenvalue weighted by molar-refractivity contribution is 5.77. The number of pyridine rings is 2. The lowest BCUT2D eigenvalue weighted by molar-refractivity contribution is 1.05. The smallest absolute Gasteiger partial charge is 0.181 e. The molecule has 0 unspecified atom stereocenters. The second kappa shape index (κ2) is 5.08. The second-order valence-corrected chi connectivity index (χ2v) is 4.44. The predicted octanol–water partition coefficient (Wildman–Crippen LogP) is 2.53. The molecule has 4 heterocycles. The van der Waals surface area contributed by atoms with Crippen molar-refractivity contribution in [3.8, 4) is 0 Å². The Hall–Kier alpha value is -2.76. The van der Waals surface area contributed by atoms with E-state index < -0.39 is 0 Å². The first-order valence-electron chi connectivity index (χ1n) is 6.27. The molecule has 0 aliphatic rings. The molecule has 20 heavy (non-hydrogen) atoms. The van der Waals surface area contributed by atoms with E-state index in [1.165, 1.54) is 0 Å². The maximum absolute atomic E-state index is 4.15. The van der Waals surface area contributed by atoms with Gasteiger partial charge in [0.1, 0.15) is 11.0 Å². The van der Waals surface area contributed by atoms with Gasteiger partial charge in [-0.1, -0.05) is 0 Å². The summed E-state index contributed by atoms with van der Waals surface area (Å²) in [5.74, 6) is 0. The molecule has 100 valence electrons. The average Bonchev–Trinajstić information content (AvgIpc) is 3.05. The number of rotatable bonds is 0. The molecule has 0 fully saturated rings. The topological polar surface area (TPSA) is 83.1 Å². The molecule has 0 saturated heterocycles. The molecule has 0 aliphatic carbocycles. The zero-order valence-corrected chi connectivity index (χ0v) is 11.3. The first kappa shape index (κ1) is 12.3. The van der Waals surface area contributed by atoms with Gasteiger partial charge in [-0.15, -0.1) is 0 Å². The van der Waals surface area contributed by atoms with E-state index in [9.17, 15) is 0 Å². The first-order valence-corrected chi connectivity index (χ1v) is 6.27. The van der Waals surface area contributed by atoms with Gasteiger partial charge >= 0.3 is 0 Å². The summed E-state index contributed by atoms with van der Waals surface area (Å²) < 4.78 is 0. The minimum absolute atomic E-state index is 0.792. The van der Waals surface area contributed by atoms with Gasteiger partial charge in [0, 0.05) is 23.5 Å². The molecule has 0 aliphatic heterocycles. The van der Waals surface area contributed by atoms with Crippen LogP contribution in [0.3, 0.4) is 0 Å². The molecule has 0 saturated carbocycles. The number of aromatic nitrogens is 6. The molecule has 4 rings (SSSR count). The summed E-state index contributed by atoms with van der Waals surface area (Å²) in [6.07, 6.45) is 3.51. The molecule has 2 N–H and O–H groups in total. The van der Waals surface area contributed by atoms with Gasteiger partial charge in [0.25, 0.3) is 0 Å². The zero-order valence-electron chi connectivity index (χ0n) is 11.3. The van der Waals surface area contributed by atoms with Crippen molar-refractivity contribution in [2.75, 3.05) is 0 Å². The van der Waals surface area contributed by atoms with Crippen molar-refractivity contribution < 1.29 is 0 Å². The summed E-state index contributed by atoms with van der Waals surface area (Å²) in [5, 5.41) is 14.8. The zero-order chi connectivity index (χ0) is 13.9. The summed E-state index contributed by atoms with van der Waals surface area (Å²) in [7, 11) is 0. The predicted molar refractivity (Wildman–Crippen MR) is 77.3 cm³/mol. The number of aryl methyl sites for hydroxylation is 2. The van der Waals surface area contributed by atoms with Gasteiger partial charge in [0.15, 0.2) is 5.65 Å². The Morgan fingerprint density at radius 2 is 1.60 bits per heavy atom. The molecule has 0 amide bonds. The second-order valence-electron chi connectivity index (χ2n) is 4.44. The highest BCUT2D eigenvalue weighted by Crippen LogP contribution is 2.10. The Balaban J connectivity index is 0.000000121. The molecule has 0 bridgehead atoms. The fraction of sp³-hybridized carbons (Fsp3) is 0.143. The Kier molecular flexibility index (Phi) is 3.12. The van der Waals surface area contributed by atoms with Crippen LogP contribution in [0.25, 0.3) is 22.1 Å². The summed E-state index contributed by atoms with van der Waals surface area (Å²) >= 11 is 0. The van der Waals surface area contributed by atoms with Crippen molar-refractivity contribution in [1.82, 2.24) is 30.4 Å². The molecule has 0 atom stereocenters. The van der Waals surface area contributed by atoms with Crippen LogP contribution in [0.15, 0.2) is 36.7 Å². The Morgan fingerprint density at radius 3 is 2.40 bits per heavy atom. The standard InChI is InChI=1S/2C7H7N3/c1-5-7-6(10-9-5)3-2-4-8-7;1-5-6-3-2-4-8-7(6)10-9-5/h2-4H,1H3,(H,9,10);2-4H,1H3,(H,8,9,10). The van der Waals surface area contributed by atoms with E-state index in [1.807, 2.05) is 38.1 Å². The van der Waals surface area contributed by atoms with Crippen molar-refractivity contribution in [3.63, 3.8) is 0 Å². The number of hydrogen-bond acceptors (Lipinski definition) is 4. The lowest BCUT2D eigenvalue weighted by Crippen LogP contribution is -1.73. The fourth-order valence-corrected chi connectivity index (χ4v) is 1.95. The van der Waals surface area contributed by atoms with Crippen LogP contribution < -0.4 is 0 Å². The van der Waals surface area contributed by atoms with Gasteiger partial charge in [-0.05, 0) is 38.1 Å². The Bertz CT molecular complexity index is 773. The van der Waals surface area contributed by atoms with Gasteiger partial charge < -0.3 is 0 Å². The number of aromatic amines is 2. The van der Waals surface area contributed by atoms with E-state index in [0.29, 0.717) is 0 Å². The molecule has 4 aromatic rings. The van der Waals surface area contributed by atoms with E-state index >= 15 is 0 Å². The number of fused-ring (bicyclic) bond motifs is 2. The van der Waals surface area contributed by atoms with E-state index in [-0.39, 0.29) is 0 Å². The Labute approximate surface area is 115 Å². The number of nitrogens with one attached hydrogen (secondary N) is 2. The van der Waals surface area contributed by atoms with E-state index in [2.05, 4.69) is 30.4 Å². The van der Waals surface area contributed by atoms with E-state index in [0.717, 1.165) is 33.5 Å². The van der Waals surface area contributed by atoms with Crippen molar-refractivity contribution >= 4 is 22.1 Å². The maximum Gasteiger partial charge on any atom is 0.181 e. The van der Waals surface area contributed by atoms with Gasteiger partial charge in [-0.2, -0.15) is 10.2 Å². The molecular formula is C14H14N6. The first-order chi connectivity index (χ1) is 9.75. The van der Waals surface area contributed by atoms with Crippen LogP contribution in [0.5, 0.6) is 0 Å². The highest BCUT2D eigenvalue weighted by atomic mass is 15.1. The van der Waals surface area contributed by atoms with Gasteiger partial charge in [-0.3, -0.25) is 15.2 Å². The van der Waals surface area contributed by atoms with E-state index in [1.54, 1.807) is 12.4 Å². The fourth-order valence-electron chi connectivity index (χ4n) is 1.95. The van der Waals surface area contributed by atoms with Crippen molar-refractivity contribution in [3.05, 3.63) is 48.0 Å². The third kappa shape index (κ3) is 2.23. The summed E-state index contributed by atoms with van der Waals surface area (Å²) in [6, 6.07) is 7.72. The molecular weight excluding hydrogens is 252 g/mol. The molecule has 6 nitrogen and oxygen atoms in total. The number of nitrogens with zero attached hydrogens (tertiary/aromatic N) is 4. The SMILES string of the molecule is Cc1[nH]nc2cccnc12.Cc1[nH]nc2ncccc12. The molecule has 0 radical (unpaired) electrons. The van der Waals surface area contributed by atoms with Gasteiger partial charge in [0.05, 0.1) is 5.69 Å². The quantitative estimate of drug-likeness (QED) is 0.512. The van der Waals surface area contributed by atoms with Crippen LogP contribution in [-0.4, -0.2) is 30.4 Å². The lowest BCUT2D eigenvalue weighted by Gasteiger charge is -1.83. The Morgan fingerprint density at radius 1 is 0.850 bits per heavy atom. The normalized spacial score (nSPS) is 10.5. The third-order valence-electron chi connectivity index (χ3n) is 3.01. The summed E-state index contributed by atoms with van der Waals surface area (Å²) in [5.41, 5.74) is 4.78. The van der Waals surface area contributed by atoms with Crippen LogP contribution in [0.2, 0.25) is 0 Å². The molecule has 0 spiro atoms. The van der Waals surface area contributed by atoms with Crippen LogP contribution in [0, 0.1) is 13.8 Å². The van der Waals surface area contributed by atoms with Crippen molar-refractivity contribution in [2.45, 2.75) is 13.8 Å². The minimum Gasteiger partial charge on any atom is -0.280 e. The van der Waals surface area contributed by atoms with Crippen molar-refractivity contribution in [2.24, 2.45) is 0 Å². The lowest BCUT2D eigenvalue weighted by atomic mass is 10.3. The van der Waals surface area contributed by atoms with Crippen LogP contribution in [0.4, 0.5) is 0 Å². The maximum atomic E-state index is 4.15. The number of H-pyrrole nitrogens is 2. The van der Waals surface area contributed by atoms with Crippen molar-refractivity contribution in [1.29, 1.82) is 0 Å². The largest absolute Gasteiger partial charge is 0.280 e. The molecule has 4 aromatic heterocycles. The number of hydrogen-bond donors (Lipinski definition) is 2. The third-order valence-corrected chi connectivity index (χ3v) is 3.01. The van der Waals surface area contributed by atoms with E-state index in [4.69, 9.17) is 0 Å². The van der Waals surface area contributed by atoms with Crippen LogP contribution >= 0.6 is 0 Å². The molecule has 0 aromatic carbocycles. The summed E-state index contributed by atoms with van der Waals surface area (Å²) in [6.45, 7) is 3.94. The van der Waals surface area contributed by atoms with Crippen LogP contribution in [0.1, 0.15) is 11.4 Å². The van der Waals surface area contributed by atoms with Gasteiger partial charge in [0.2, 0.25) is 0 Å².